The van der Waals surface area contributed by atoms with E-state index in [0.717, 1.165) is 38.8 Å². The van der Waals surface area contributed by atoms with Gasteiger partial charge in [-0.1, -0.05) is 0 Å². The Hall–Kier alpha value is -2.86. The molecule has 2 aromatic heterocycles. The maximum atomic E-state index is 12.2. The smallest absolute Gasteiger partial charge is 0.268 e. The lowest BCUT2D eigenvalue weighted by atomic mass is 9.58. The summed E-state index contributed by atoms with van der Waals surface area (Å²) < 4.78 is 0. The Kier molecular flexibility index (Phi) is 3.28. The van der Waals surface area contributed by atoms with E-state index < -0.39 is 0 Å². The summed E-state index contributed by atoms with van der Waals surface area (Å²) in [6.45, 7) is 1.59. The number of rotatable bonds is 1. The van der Waals surface area contributed by atoms with Gasteiger partial charge in [0.25, 0.3) is 5.56 Å². The van der Waals surface area contributed by atoms with Crippen LogP contribution in [0.2, 0.25) is 0 Å². The van der Waals surface area contributed by atoms with Crippen LogP contribution in [0.4, 0.5) is 5.69 Å². The summed E-state index contributed by atoms with van der Waals surface area (Å²) in [5.41, 5.74) is 2.05. The molecular formula is C18H17N5O. The third-order valence-electron chi connectivity index (χ3n) is 5.54. The highest BCUT2D eigenvalue weighted by Gasteiger charge is 2.46. The minimum Gasteiger partial charge on any atom is -0.368 e. The van der Waals surface area contributed by atoms with Crippen LogP contribution < -0.4 is 10.5 Å². The van der Waals surface area contributed by atoms with E-state index in [0.29, 0.717) is 16.7 Å². The molecule has 0 aromatic carbocycles. The average molecular weight is 319 g/mol. The van der Waals surface area contributed by atoms with Gasteiger partial charge in [-0.2, -0.15) is 10.5 Å². The van der Waals surface area contributed by atoms with Crippen molar-refractivity contribution in [1.29, 1.82) is 10.5 Å². The van der Waals surface area contributed by atoms with Crippen LogP contribution in [0.25, 0.3) is 11.0 Å². The Morgan fingerprint density at radius 1 is 1.29 bits per heavy atom. The molecule has 1 saturated carbocycles. The quantitative estimate of drug-likeness (QED) is 0.870. The summed E-state index contributed by atoms with van der Waals surface area (Å²) in [6.07, 6.45) is 5.64. The number of aromatic nitrogens is 2. The Balaban J connectivity index is 1.69. The molecule has 2 aromatic rings. The van der Waals surface area contributed by atoms with Gasteiger partial charge < -0.3 is 9.88 Å². The van der Waals surface area contributed by atoms with E-state index in [-0.39, 0.29) is 22.5 Å². The number of piperidine rings is 1. The number of aromatic amines is 1. The van der Waals surface area contributed by atoms with E-state index in [9.17, 15) is 10.1 Å². The molecule has 120 valence electrons. The molecule has 2 aliphatic rings. The SMILES string of the molecule is N#Cc1c(N2CCC3(CC2)CC(C#N)C3)c2ncccc2[nH]c1=O. The van der Waals surface area contributed by atoms with Crippen molar-refractivity contribution in [2.45, 2.75) is 25.7 Å². The number of hydrogen-bond acceptors (Lipinski definition) is 5. The Labute approximate surface area is 139 Å². The van der Waals surface area contributed by atoms with Crippen molar-refractivity contribution in [3.8, 4) is 12.1 Å². The van der Waals surface area contributed by atoms with Gasteiger partial charge in [0.05, 0.1) is 17.3 Å². The first-order valence-corrected chi connectivity index (χ1v) is 8.21. The van der Waals surface area contributed by atoms with Crippen LogP contribution in [0.3, 0.4) is 0 Å². The number of H-pyrrole nitrogens is 1. The molecule has 3 heterocycles. The molecule has 0 atom stereocenters. The van der Waals surface area contributed by atoms with E-state index in [1.54, 1.807) is 12.3 Å². The number of nitrogens with one attached hydrogen (secondary N) is 1. The summed E-state index contributed by atoms with van der Waals surface area (Å²) in [6, 6.07) is 7.99. The fraction of sp³-hybridized carbons (Fsp3) is 0.444. The summed E-state index contributed by atoms with van der Waals surface area (Å²) in [7, 11) is 0. The monoisotopic (exact) mass is 319 g/mol. The third-order valence-corrected chi connectivity index (χ3v) is 5.54. The number of nitriles is 2. The number of nitrogens with zero attached hydrogens (tertiary/aromatic N) is 4. The average Bonchev–Trinajstić information content (AvgIpc) is 2.58. The van der Waals surface area contributed by atoms with Gasteiger partial charge in [-0.3, -0.25) is 9.78 Å². The maximum absolute atomic E-state index is 12.2. The number of anilines is 1. The fourth-order valence-electron chi connectivity index (χ4n) is 4.21. The predicted molar refractivity (Wildman–Crippen MR) is 89.3 cm³/mol. The van der Waals surface area contributed by atoms with Gasteiger partial charge in [-0.15, -0.1) is 0 Å². The highest BCUT2D eigenvalue weighted by molar-refractivity contribution is 5.91. The summed E-state index contributed by atoms with van der Waals surface area (Å²) >= 11 is 0. The molecule has 0 amide bonds. The molecule has 1 aliphatic carbocycles. The minimum absolute atomic E-state index is 0.140. The zero-order valence-electron chi connectivity index (χ0n) is 13.2. The number of hydrogen-bond donors (Lipinski definition) is 1. The topological polar surface area (TPSA) is 96.6 Å². The molecular weight excluding hydrogens is 302 g/mol. The van der Waals surface area contributed by atoms with E-state index in [1.165, 1.54) is 0 Å². The first kappa shape index (κ1) is 14.7. The van der Waals surface area contributed by atoms with Crippen molar-refractivity contribution < 1.29 is 0 Å². The number of fused-ring (bicyclic) bond motifs is 1. The minimum atomic E-state index is -0.360. The van der Waals surface area contributed by atoms with Crippen LogP contribution in [0.15, 0.2) is 23.1 Å². The molecule has 1 N–H and O–H groups in total. The van der Waals surface area contributed by atoms with Crippen LogP contribution in [0.1, 0.15) is 31.2 Å². The molecule has 24 heavy (non-hydrogen) atoms. The highest BCUT2D eigenvalue weighted by atomic mass is 16.1. The molecule has 4 rings (SSSR count). The molecule has 6 nitrogen and oxygen atoms in total. The highest BCUT2D eigenvalue weighted by Crippen LogP contribution is 2.52. The van der Waals surface area contributed by atoms with E-state index in [2.05, 4.69) is 20.9 Å². The van der Waals surface area contributed by atoms with Crippen molar-refractivity contribution in [1.82, 2.24) is 9.97 Å². The summed E-state index contributed by atoms with van der Waals surface area (Å²) in [4.78, 5) is 21.5. The second-order valence-corrected chi connectivity index (χ2v) is 6.91. The summed E-state index contributed by atoms with van der Waals surface area (Å²) in [5.74, 6) is 0.202. The standard InChI is InChI=1S/C18H17N5O/c19-10-12-8-18(9-12)3-6-23(7-4-18)16-13(11-20)17(24)22-14-2-1-5-21-15(14)16/h1-2,5,12H,3-4,6-9H2,(H,22,24). The van der Waals surface area contributed by atoms with Crippen LogP contribution >= 0.6 is 0 Å². The molecule has 1 spiro atoms. The second kappa shape index (κ2) is 5.35. The molecule has 1 aliphatic heterocycles. The Morgan fingerprint density at radius 3 is 2.71 bits per heavy atom. The molecule has 0 unspecified atom stereocenters. The normalized spacial score (nSPS) is 19.7. The third kappa shape index (κ3) is 2.15. The van der Waals surface area contributed by atoms with Crippen molar-refractivity contribution in [2.24, 2.45) is 11.3 Å². The predicted octanol–water partition coefficient (Wildman–Crippen LogP) is 2.31. The summed E-state index contributed by atoms with van der Waals surface area (Å²) in [5, 5.41) is 18.5. The van der Waals surface area contributed by atoms with Crippen molar-refractivity contribution in [3.63, 3.8) is 0 Å². The van der Waals surface area contributed by atoms with Gasteiger partial charge >= 0.3 is 0 Å². The van der Waals surface area contributed by atoms with Crippen LogP contribution in [0.5, 0.6) is 0 Å². The van der Waals surface area contributed by atoms with Crippen molar-refractivity contribution >= 4 is 16.7 Å². The van der Waals surface area contributed by atoms with Gasteiger partial charge in [0.1, 0.15) is 17.1 Å². The Bertz CT molecular complexity index is 933. The molecule has 0 radical (unpaired) electrons. The second-order valence-electron chi connectivity index (χ2n) is 6.91. The van der Waals surface area contributed by atoms with Gasteiger partial charge in [0.15, 0.2) is 0 Å². The van der Waals surface area contributed by atoms with E-state index in [4.69, 9.17) is 5.26 Å². The lowest BCUT2D eigenvalue weighted by Crippen LogP contribution is -2.47. The van der Waals surface area contributed by atoms with Crippen molar-refractivity contribution in [3.05, 3.63) is 34.2 Å². The van der Waals surface area contributed by atoms with Gasteiger partial charge in [-0.05, 0) is 43.2 Å². The molecule has 0 bridgehead atoms. The van der Waals surface area contributed by atoms with Crippen molar-refractivity contribution in [2.75, 3.05) is 18.0 Å². The lowest BCUT2D eigenvalue weighted by molar-refractivity contribution is 0.0566. The molecule has 1 saturated heterocycles. The van der Waals surface area contributed by atoms with Gasteiger partial charge in [0.2, 0.25) is 0 Å². The largest absolute Gasteiger partial charge is 0.368 e. The zero-order valence-corrected chi connectivity index (χ0v) is 13.2. The first-order chi connectivity index (χ1) is 11.7. The van der Waals surface area contributed by atoms with E-state index in [1.807, 2.05) is 12.1 Å². The van der Waals surface area contributed by atoms with Crippen LogP contribution in [0, 0.1) is 34.0 Å². The Morgan fingerprint density at radius 2 is 2.04 bits per heavy atom. The lowest BCUT2D eigenvalue weighted by Gasteiger charge is -2.50. The number of pyridine rings is 2. The van der Waals surface area contributed by atoms with Crippen LogP contribution in [-0.2, 0) is 0 Å². The molecule has 6 heteroatoms. The first-order valence-electron chi connectivity index (χ1n) is 8.21. The van der Waals surface area contributed by atoms with E-state index >= 15 is 0 Å². The fourth-order valence-corrected chi connectivity index (χ4v) is 4.21. The molecule has 2 fully saturated rings. The maximum Gasteiger partial charge on any atom is 0.268 e. The van der Waals surface area contributed by atoms with Gasteiger partial charge in [0, 0.05) is 25.2 Å². The zero-order chi connectivity index (χ0) is 16.7. The van der Waals surface area contributed by atoms with Crippen LogP contribution in [-0.4, -0.2) is 23.1 Å². The van der Waals surface area contributed by atoms with Gasteiger partial charge in [-0.25, -0.2) is 0 Å².